The van der Waals surface area contributed by atoms with Crippen LogP contribution in [0.25, 0.3) is 0 Å². The minimum absolute atomic E-state index is 0. The Balaban J connectivity index is 0.00000225. The molecule has 138 valence electrons. The highest BCUT2D eigenvalue weighted by Crippen LogP contribution is 2.19. The monoisotopic (exact) mass is 474 g/mol. The molecule has 0 bridgehead atoms. The van der Waals surface area contributed by atoms with Crippen LogP contribution in [-0.4, -0.2) is 33.8 Å². The van der Waals surface area contributed by atoms with E-state index >= 15 is 0 Å². The Hall–Kier alpha value is -1.16. The van der Waals surface area contributed by atoms with Crippen molar-refractivity contribution in [2.24, 2.45) is 4.99 Å². The van der Waals surface area contributed by atoms with Crippen molar-refractivity contribution in [2.45, 2.75) is 52.1 Å². The number of rotatable bonds is 6. The Kier molecular flexibility index (Phi) is 8.14. The minimum atomic E-state index is 0. The molecule has 0 radical (unpaired) electrons. The number of halogens is 1. The second-order valence-electron chi connectivity index (χ2n) is 6.13. The molecule has 2 aromatic heterocycles. The van der Waals surface area contributed by atoms with Crippen molar-refractivity contribution < 1.29 is 0 Å². The lowest BCUT2D eigenvalue weighted by Crippen LogP contribution is -2.39. The molecule has 0 saturated heterocycles. The summed E-state index contributed by atoms with van der Waals surface area (Å²) in [6, 6.07) is 4.29. The number of fused-ring (bicyclic) bond motifs is 1. The summed E-state index contributed by atoms with van der Waals surface area (Å²) in [5.74, 6) is 3.38. The van der Waals surface area contributed by atoms with Crippen LogP contribution in [0.15, 0.2) is 22.5 Å². The smallest absolute Gasteiger partial charge is 0.191 e. The lowest BCUT2D eigenvalue weighted by molar-refractivity contribution is 0.508. The van der Waals surface area contributed by atoms with Crippen molar-refractivity contribution in [3.8, 4) is 0 Å². The van der Waals surface area contributed by atoms with Crippen molar-refractivity contribution in [1.29, 1.82) is 0 Å². The number of aliphatic imine (C=N–C) groups is 1. The fourth-order valence-electron chi connectivity index (χ4n) is 2.90. The standard InChI is InChI=1S/C17H26N6S.HI/c1-3-18-17(19-11-13(2)14-7-6-10-24-14)20-12-16-22-21-15-8-4-5-9-23(15)16;/h6-7,10,13H,3-5,8-9,11-12H2,1-2H3,(H2,18,19,20);1H. The van der Waals surface area contributed by atoms with E-state index in [1.807, 2.05) is 0 Å². The molecule has 3 heterocycles. The normalized spacial score (nSPS) is 15.2. The molecule has 2 N–H and O–H groups in total. The molecule has 1 aliphatic rings. The van der Waals surface area contributed by atoms with Crippen LogP contribution in [0.3, 0.4) is 0 Å². The van der Waals surface area contributed by atoms with Gasteiger partial charge in [-0.3, -0.25) is 0 Å². The van der Waals surface area contributed by atoms with E-state index in [0.717, 1.165) is 43.7 Å². The molecular formula is C17H27IN6S. The quantitative estimate of drug-likeness (QED) is 0.384. The molecule has 8 heteroatoms. The van der Waals surface area contributed by atoms with Crippen LogP contribution in [0, 0.1) is 0 Å². The lowest BCUT2D eigenvalue weighted by atomic mass is 10.1. The van der Waals surface area contributed by atoms with E-state index in [0.29, 0.717) is 12.5 Å². The second kappa shape index (κ2) is 10.1. The van der Waals surface area contributed by atoms with Gasteiger partial charge in [-0.2, -0.15) is 0 Å². The van der Waals surface area contributed by atoms with Gasteiger partial charge in [0.25, 0.3) is 0 Å². The van der Waals surface area contributed by atoms with Crippen LogP contribution in [0.5, 0.6) is 0 Å². The van der Waals surface area contributed by atoms with Crippen molar-refractivity contribution >= 4 is 41.3 Å². The van der Waals surface area contributed by atoms with E-state index in [-0.39, 0.29) is 24.0 Å². The Bertz CT molecular complexity index is 667. The molecule has 0 aliphatic carbocycles. The van der Waals surface area contributed by atoms with Crippen molar-refractivity contribution in [2.75, 3.05) is 13.1 Å². The largest absolute Gasteiger partial charge is 0.357 e. The maximum atomic E-state index is 4.69. The summed E-state index contributed by atoms with van der Waals surface area (Å²) < 4.78 is 2.23. The van der Waals surface area contributed by atoms with E-state index < -0.39 is 0 Å². The predicted molar refractivity (Wildman–Crippen MR) is 114 cm³/mol. The zero-order valence-electron chi connectivity index (χ0n) is 14.9. The highest BCUT2D eigenvalue weighted by atomic mass is 127. The zero-order chi connectivity index (χ0) is 16.8. The first-order chi connectivity index (χ1) is 11.8. The van der Waals surface area contributed by atoms with E-state index in [1.54, 1.807) is 11.3 Å². The van der Waals surface area contributed by atoms with Gasteiger partial charge in [-0.15, -0.1) is 45.5 Å². The van der Waals surface area contributed by atoms with Crippen LogP contribution >= 0.6 is 35.3 Å². The topological polar surface area (TPSA) is 67.1 Å². The summed E-state index contributed by atoms with van der Waals surface area (Å²) in [4.78, 5) is 6.09. The van der Waals surface area contributed by atoms with Crippen LogP contribution in [0.4, 0.5) is 0 Å². The van der Waals surface area contributed by atoms with Crippen molar-refractivity contribution in [1.82, 2.24) is 25.4 Å². The van der Waals surface area contributed by atoms with Gasteiger partial charge < -0.3 is 15.2 Å². The highest BCUT2D eigenvalue weighted by Gasteiger charge is 2.15. The van der Waals surface area contributed by atoms with Gasteiger partial charge in [0, 0.05) is 36.9 Å². The lowest BCUT2D eigenvalue weighted by Gasteiger charge is -2.16. The van der Waals surface area contributed by atoms with Gasteiger partial charge in [0.1, 0.15) is 12.4 Å². The van der Waals surface area contributed by atoms with Crippen molar-refractivity contribution in [3.63, 3.8) is 0 Å². The summed E-state index contributed by atoms with van der Waals surface area (Å²) in [6.45, 7) is 7.61. The summed E-state index contributed by atoms with van der Waals surface area (Å²) in [6.07, 6.45) is 3.46. The summed E-state index contributed by atoms with van der Waals surface area (Å²) in [7, 11) is 0. The van der Waals surface area contributed by atoms with Crippen molar-refractivity contribution in [3.05, 3.63) is 34.0 Å². The average Bonchev–Trinajstić information content (AvgIpc) is 3.27. The summed E-state index contributed by atoms with van der Waals surface area (Å²) >= 11 is 1.80. The molecule has 0 spiro atoms. The van der Waals surface area contributed by atoms with Gasteiger partial charge in [-0.1, -0.05) is 13.0 Å². The average molecular weight is 474 g/mol. The molecule has 1 atom stereocenters. The van der Waals surface area contributed by atoms with E-state index in [1.165, 1.54) is 17.7 Å². The molecule has 25 heavy (non-hydrogen) atoms. The van der Waals surface area contributed by atoms with E-state index in [4.69, 9.17) is 4.99 Å². The fraction of sp³-hybridized carbons (Fsp3) is 0.588. The molecule has 6 nitrogen and oxygen atoms in total. The number of thiophene rings is 1. The molecule has 0 aromatic carbocycles. The first kappa shape index (κ1) is 20.2. The Morgan fingerprint density at radius 2 is 2.24 bits per heavy atom. The maximum Gasteiger partial charge on any atom is 0.191 e. The van der Waals surface area contributed by atoms with Crippen LogP contribution < -0.4 is 10.6 Å². The third kappa shape index (κ3) is 5.40. The molecule has 0 amide bonds. The van der Waals surface area contributed by atoms with Crippen LogP contribution in [-0.2, 0) is 19.5 Å². The Morgan fingerprint density at radius 3 is 3.00 bits per heavy atom. The number of aryl methyl sites for hydroxylation is 1. The number of guanidine groups is 1. The highest BCUT2D eigenvalue weighted by molar-refractivity contribution is 14.0. The van der Waals surface area contributed by atoms with Crippen LogP contribution in [0.1, 0.15) is 49.1 Å². The number of aromatic nitrogens is 3. The zero-order valence-corrected chi connectivity index (χ0v) is 18.0. The first-order valence-corrected chi connectivity index (χ1v) is 9.62. The number of nitrogens with zero attached hydrogens (tertiary/aromatic N) is 4. The first-order valence-electron chi connectivity index (χ1n) is 8.74. The van der Waals surface area contributed by atoms with Gasteiger partial charge in [0.05, 0.1) is 0 Å². The Labute approximate surface area is 170 Å². The fourth-order valence-corrected chi connectivity index (χ4v) is 3.69. The maximum absolute atomic E-state index is 4.69. The molecule has 3 rings (SSSR count). The Morgan fingerprint density at radius 1 is 1.36 bits per heavy atom. The molecular weight excluding hydrogens is 447 g/mol. The second-order valence-corrected chi connectivity index (χ2v) is 7.11. The van der Waals surface area contributed by atoms with Crippen LogP contribution in [0.2, 0.25) is 0 Å². The molecule has 1 aliphatic heterocycles. The number of hydrogen-bond donors (Lipinski definition) is 2. The third-order valence-electron chi connectivity index (χ3n) is 4.26. The minimum Gasteiger partial charge on any atom is -0.357 e. The van der Waals surface area contributed by atoms with Gasteiger partial charge >= 0.3 is 0 Å². The summed E-state index contributed by atoms with van der Waals surface area (Å²) in [5, 5.41) is 17.5. The predicted octanol–water partition coefficient (Wildman–Crippen LogP) is 3.15. The number of nitrogens with one attached hydrogen (secondary N) is 2. The SMILES string of the molecule is CCNC(=NCc1nnc2n1CCCC2)NCC(C)c1cccs1.I. The van der Waals surface area contributed by atoms with E-state index in [9.17, 15) is 0 Å². The summed E-state index contributed by atoms with van der Waals surface area (Å²) in [5.41, 5.74) is 0. The van der Waals surface area contributed by atoms with Gasteiger partial charge in [0.2, 0.25) is 0 Å². The molecule has 2 aromatic rings. The van der Waals surface area contributed by atoms with Gasteiger partial charge in [-0.25, -0.2) is 4.99 Å². The number of hydrogen-bond acceptors (Lipinski definition) is 4. The van der Waals surface area contributed by atoms with Gasteiger partial charge in [-0.05, 0) is 31.2 Å². The third-order valence-corrected chi connectivity index (χ3v) is 5.37. The molecule has 0 fully saturated rings. The van der Waals surface area contributed by atoms with Gasteiger partial charge in [0.15, 0.2) is 11.8 Å². The molecule has 1 unspecified atom stereocenters. The van der Waals surface area contributed by atoms with E-state index in [2.05, 4.69) is 56.8 Å². The molecule has 0 saturated carbocycles.